The zero-order chi connectivity index (χ0) is 16.8. The Morgan fingerprint density at radius 2 is 2.08 bits per heavy atom. The molecule has 0 spiro atoms. The monoisotopic (exact) mass is 324 g/mol. The number of hydrogen-bond donors (Lipinski definition) is 2. The summed E-state index contributed by atoms with van der Waals surface area (Å²) in [5.41, 5.74) is 2.27. The van der Waals surface area contributed by atoms with Crippen molar-refractivity contribution in [3.63, 3.8) is 0 Å². The maximum absolute atomic E-state index is 12.6. The number of carbonyl (C=O) groups excluding carboxylic acids is 1. The summed E-state index contributed by atoms with van der Waals surface area (Å²) in [6.45, 7) is 1.69. The van der Waals surface area contributed by atoms with Crippen molar-refractivity contribution in [2.45, 2.75) is 18.9 Å². The Kier molecular flexibility index (Phi) is 5.49. The molecule has 0 radical (unpaired) electrons. The van der Waals surface area contributed by atoms with Crippen LogP contribution in [0, 0.1) is 5.92 Å². The van der Waals surface area contributed by atoms with Gasteiger partial charge in [0.25, 0.3) is 0 Å². The lowest BCUT2D eigenvalue weighted by Crippen LogP contribution is -2.35. The average molecular weight is 324 g/mol. The lowest BCUT2D eigenvalue weighted by Gasteiger charge is -2.21. The van der Waals surface area contributed by atoms with Gasteiger partial charge in [-0.15, -0.1) is 0 Å². The molecule has 126 valence electrons. The second-order valence-electron chi connectivity index (χ2n) is 6.22. The maximum Gasteiger partial charge on any atom is 0.224 e. The number of rotatable bonds is 6. The highest BCUT2D eigenvalue weighted by Crippen LogP contribution is 2.22. The van der Waals surface area contributed by atoms with Crippen molar-refractivity contribution in [3.8, 4) is 5.75 Å². The number of benzene rings is 2. The van der Waals surface area contributed by atoms with Gasteiger partial charge < -0.3 is 15.4 Å². The third-order valence-electron chi connectivity index (χ3n) is 4.52. The molecular weight excluding hydrogens is 300 g/mol. The molecule has 1 amide bonds. The standard InChI is InChI=1S/C20H24N2O2/c1-24-18-9-5-6-15(12-18)13-19(16-7-3-2-4-8-16)22-20(23)17-10-11-21-14-17/h2-9,12,17,19,21H,10-11,13-14H2,1H3,(H,22,23)/t17-,19+/m0/s1. The number of hydrogen-bond acceptors (Lipinski definition) is 3. The summed E-state index contributed by atoms with van der Waals surface area (Å²) >= 11 is 0. The van der Waals surface area contributed by atoms with Gasteiger partial charge in [0, 0.05) is 6.54 Å². The first-order valence-corrected chi connectivity index (χ1v) is 8.45. The molecule has 2 aromatic carbocycles. The molecule has 0 saturated carbocycles. The quantitative estimate of drug-likeness (QED) is 0.859. The smallest absolute Gasteiger partial charge is 0.224 e. The summed E-state index contributed by atoms with van der Waals surface area (Å²) in [6.07, 6.45) is 1.65. The van der Waals surface area contributed by atoms with Crippen LogP contribution >= 0.6 is 0 Å². The molecule has 0 aromatic heterocycles. The first kappa shape index (κ1) is 16.5. The van der Waals surface area contributed by atoms with Gasteiger partial charge in [-0.2, -0.15) is 0 Å². The van der Waals surface area contributed by atoms with Crippen LogP contribution in [0.25, 0.3) is 0 Å². The van der Waals surface area contributed by atoms with Gasteiger partial charge >= 0.3 is 0 Å². The topological polar surface area (TPSA) is 50.4 Å². The van der Waals surface area contributed by atoms with Gasteiger partial charge in [0.2, 0.25) is 5.91 Å². The normalized spacial score (nSPS) is 18.1. The summed E-state index contributed by atoms with van der Waals surface area (Å²) in [7, 11) is 1.67. The molecule has 24 heavy (non-hydrogen) atoms. The molecule has 1 aliphatic rings. The SMILES string of the molecule is COc1cccc(C[C@@H](NC(=O)[C@H]2CCNC2)c2ccccc2)c1. The predicted octanol–water partition coefficient (Wildman–Crippen LogP) is 2.70. The highest BCUT2D eigenvalue weighted by molar-refractivity contribution is 5.79. The molecule has 2 N–H and O–H groups in total. The van der Waals surface area contributed by atoms with Crippen LogP contribution in [0.5, 0.6) is 5.75 Å². The van der Waals surface area contributed by atoms with E-state index in [4.69, 9.17) is 4.74 Å². The van der Waals surface area contributed by atoms with Crippen LogP contribution in [0.2, 0.25) is 0 Å². The molecule has 1 fully saturated rings. The summed E-state index contributed by atoms with van der Waals surface area (Å²) in [4.78, 5) is 12.6. The molecule has 2 atom stereocenters. The van der Waals surface area contributed by atoms with E-state index in [2.05, 4.69) is 28.8 Å². The van der Waals surface area contributed by atoms with Crippen LogP contribution in [0.4, 0.5) is 0 Å². The van der Waals surface area contributed by atoms with Gasteiger partial charge in [0.05, 0.1) is 19.1 Å². The lowest BCUT2D eigenvalue weighted by atomic mass is 9.97. The lowest BCUT2D eigenvalue weighted by molar-refractivity contribution is -0.125. The van der Waals surface area contributed by atoms with Gasteiger partial charge in [0.15, 0.2) is 0 Å². The second kappa shape index (κ2) is 7.97. The number of amides is 1. The van der Waals surface area contributed by atoms with Gasteiger partial charge in [-0.25, -0.2) is 0 Å². The van der Waals surface area contributed by atoms with Crippen LogP contribution in [0.15, 0.2) is 54.6 Å². The van der Waals surface area contributed by atoms with E-state index in [1.165, 1.54) is 0 Å². The highest BCUT2D eigenvalue weighted by Gasteiger charge is 2.25. The molecule has 4 nitrogen and oxygen atoms in total. The first-order valence-electron chi connectivity index (χ1n) is 8.45. The molecule has 1 aliphatic heterocycles. The summed E-state index contributed by atoms with van der Waals surface area (Å²) < 4.78 is 5.31. The molecule has 1 heterocycles. The molecule has 2 aromatic rings. The van der Waals surface area contributed by atoms with Crippen molar-refractivity contribution in [3.05, 3.63) is 65.7 Å². The minimum atomic E-state index is -0.0357. The zero-order valence-corrected chi connectivity index (χ0v) is 14.0. The summed E-state index contributed by atoms with van der Waals surface area (Å²) in [6, 6.07) is 18.1. The Morgan fingerprint density at radius 3 is 2.79 bits per heavy atom. The van der Waals surface area contributed by atoms with Crippen LogP contribution < -0.4 is 15.4 Å². The van der Waals surface area contributed by atoms with Gasteiger partial charge in [-0.3, -0.25) is 4.79 Å². The number of carbonyl (C=O) groups is 1. The van der Waals surface area contributed by atoms with Crippen molar-refractivity contribution in [2.75, 3.05) is 20.2 Å². The second-order valence-corrected chi connectivity index (χ2v) is 6.22. The minimum Gasteiger partial charge on any atom is -0.497 e. The number of ether oxygens (including phenoxy) is 1. The fourth-order valence-corrected chi connectivity index (χ4v) is 3.14. The Bertz CT molecular complexity index is 666. The fraction of sp³-hybridized carbons (Fsp3) is 0.350. The molecule has 3 rings (SSSR count). The van der Waals surface area contributed by atoms with E-state index in [1.807, 2.05) is 36.4 Å². The molecule has 0 unspecified atom stereocenters. The Morgan fingerprint density at radius 1 is 1.25 bits per heavy atom. The summed E-state index contributed by atoms with van der Waals surface area (Å²) in [5.74, 6) is 1.05. The van der Waals surface area contributed by atoms with Gasteiger partial charge in [-0.1, -0.05) is 42.5 Å². The van der Waals surface area contributed by atoms with Crippen LogP contribution in [-0.2, 0) is 11.2 Å². The maximum atomic E-state index is 12.6. The van der Waals surface area contributed by atoms with Crippen molar-refractivity contribution < 1.29 is 9.53 Å². The van der Waals surface area contributed by atoms with E-state index in [9.17, 15) is 4.79 Å². The Hall–Kier alpha value is -2.33. The first-order chi connectivity index (χ1) is 11.8. The predicted molar refractivity (Wildman–Crippen MR) is 95.0 cm³/mol. The van der Waals surface area contributed by atoms with Gasteiger partial charge in [0.1, 0.15) is 5.75 Å². The summed E-state index contributed by atoms with van der Waals surface area (Å²) in [5, 5.41) is 6.50. The van der Waals surface area contributed by atoms with E-state index in [1.54, 1.807) is 7.11 Å². The van der Waals surface area contributed by atoms with Crippen LogP contribution in [0.1, 0.15) is 23.6 Å². The fourth-order valence-electron chi connectivity index (χ4n) is 3.14. The van der Waals surface area contributed by atoms with Crippen molar-refractivity contribution >= 4 is 5.91 Å². The highest BCUT2D eigenvalue weighted by atomic mass is 16.5. The Balaban J connectivity index is 1.77. The molecule has 0 aliphatic carbocycles. The molecular formula is C20H24N2O2. The average Bonchev–Trinajstić information content (AvgIpc) is 3.17. The third kappa shape index (κ3) is 4.15. The Labute approximate surface area is 143 Å². The van der Waals surface area contributed by atoms with Crippen LogP contribution in [-0.4, -0.2) is 26.1 Å². The third-order valence-corrected chi connectivity index (χ3v) is 4.52. The molecule has 4 heteroatoms. The molecule has 1 saturated heterocycles. The number of nitrogens with one attached hydrogen (secondary N) is 2. The van der Waals surface area contributed by atoms with E-state index in [0.717, 1.165) is 42.8 Å². The minimum absolute atomic E-state index is 0.0357. The van der Waals surface area contributed by atoms with E-state index in [-0.39, 0.29) is 17.9 Å². The largest absolute Gasteiger partial charge is 0.497 e. The van der Waals surface area contributed by atoms with Gasteiger partial charge in [-0.05, 0) is 42.6 Å². The van der Waals surface area contributed by atoms with E-state index in [0.29, 0.717) is 0 Å². The van der Waals surface area contributed by atoms with Crippen LogP contribution in [0.3, 0.4) is 0 Å². The number of methoxy groups -OCH3 is 1. The van der Waals surface area contributed by atoms with E-state index >= 15 is 0 Å². The van der Waals surface area contributed by atoms with E-state index < -0.39 is 0 Å². The van der Waals surface area contributed by atoms with Crippen molar-refractivity contribution in [2.24, 2.45) is 5.92 Å². The van der Waals surface area contributed by atoms with Crippen molar-refractivity contribution in [1.29, 1.82) is 0 Å². The zero-order valence-electron chi connectivity index (χ0n) is 14.0. The molecule has 0 bridgehead atoms. The van der Waals surface area contributed by atoms with Crippen molar-refractivity contribution in [1.82, 2.24) is 10.6 Å².